The maximum atomic E-state index is 12.7. The van der Waals surface area contributed by atoms with Gasteiger partial charge >= 0.3 is 6.03 Å². The zero-order valence-corrected chi connectivity index (χ0v) is 19.3. The van der Waals surface area contributed by atoms with Crippen LogP contribution in [0.4, 0.5) is 4.79 Å². The van der Waals surface area contributed by atoms with Crippen LogP contribution < -0.4 is 15.4 Å². The molecule has 176 valence electrons. The van der Waals surface area contributed by atoms with Crippen molar-refractivity contribution in [3.8, 4) is 5.75 Å². The maximum Gasteiger partial charge on any atom is 0.315 e. The molecule has 1 saturated heterocycles. The Morgan fingerprint density at radius 1 is 0.906 bits per heavy atom. The van der Waals surface area contributed by atoms with Crippen molar-refractivity contribution < 1.29 is 14.3 Å². The number of amides is 3. The van der Waals surface area contributed by atoms with E-state index in [0.29, 0.717) is 18.6 Å². The first-order chi connectivity index (χ1) is 15.7. The third-order valence-corrected chi connectivity index (χ3v) is 7.30. The van der Waals surface area contributed by atoms with Crippen molar-refractivity contribution in [2.75, 3.05) is 13.1 Å². The molecule has 0 aromatic heterocycles. The molecule has 32 heavy (non-hydrogen) atoms. The highest BCUT2D eigenvalue weighted by atomic mass is 16.5. The lowest BCUT2D eigenvalue weighted by Gasteiger charge is -2.35. The van der Waals surface area contributed by atoms with Crippen LogP contribution >= 0.6 is 0 Å². The molecule has 1 aromatic rings. The average molecular weight is 442 g/mol. The Hall–Kier alpha value is -2.24. The molecule has 1 heterocycles. The summed E-state index contributed by atoms with van der Waals surface area (Å²) < 4.78 is 6.14. The van der Waals surface area contributed by atoms with Gasteiger partial charge < -0.3 is 20.3 Å². The van der Waals surface area contributed by atoms with Gasteiger partial charge in [-0.2, -0.15) is 0 Å². The van der Waals surface area contributed by atoms with Gasteiger partial charge in [-0.25, -0.2) is 4.79 Å². The minimum Gasteiger partial charge on any atom is -0.490 e. The van der Waals surface area contributed by atoms with Gasteiger partial charge in [0, 0.05) is 31.6 Å². The van der Waals surface area contributed by atoms with Crippen molar-refractivity contribution in [1.82, 2.24) is 15.5 Å². The van der Waals surface area contributed by atoms with E-state index in [4.69, 9.17) is 4.74 Å². The molecular weight excluding hydrogens is 402 g/mol. The highest BCUT2D eigenvalue weighted by Gasteiger charge is 2.29. The van der Waals surface area contributed by atoms with Gasteiger partial charge in [0.2, 0.25) is 5.91 Å². The van der Waals surface area contributed by atoms with Gasteiger partial charge in [0.1, 0.15) is 5.75 Å². The SMILES string of the molecule is O=C(NCc1cccc(OC2CCCCC2)c1)NC1CCN(C(=O)C2CCCCC2)CC1. The van der Waals surface area contributed by atoms with Gasteiger partial charge in [-0.15, -0.1) is 0 Å². The number of hydrogen-bond donors (Lipinski definition) is 2. The van der Waals surface area contributed by atoms with E-state index in [2.05, 4.69) is 10.6 Å². The summed E-state index contributed by atoms with van der Waals surface area (Å²) in [7, 11) is 0. The smallest absolute Gasteiger partial charge is 0.315 e. The van der Waals surface area contributed by atoms with E-state index in [-0.39, 0.29) is 18.0 Å². The number of rotatable bonds is 6. The fraction of sp³-hybridized carbons (Fsp3) is 0.692. The first kappa shape index (κ1) is 22.9. The Morgan fingerprint density at radius 2 is 1.59 bits per heavy atom. The number of urea groups is 1. The van der Waals surface area contributed by atoms with Gasteiger partial charge in [-0.05, 0) is 69.1 Å². The van der Waals surface area contributed by atoms with E-state index in [1.807, 2.05) is 29.2 Å². The van der Waals surface area contributed by atoms with Crippen LogP contribution in [0.3, 0.4) is 0 Å². The minimum absolute atomic E-state index is 0.131. The second-order valence-electron chi connectivity index (χ2n) is 9.79. The van der Waals surface area contributed by atoms with Crippen LogP contribution in [0, 0.1) is 5.92 Å². The molecule has 6 heteroatoms. The molecule has 1 aliphatic heterocycles. The van der Waals surface area contributed by atoms with Crippen molar-refractivity contribution in [1.29, 1.82) is 0 Å². The molecule has 0 unspecified atom stereocenters. The largest absolute Gasteiger partial charge is 0.490 e. The van der Waals surface area contributed by atoms with Crippen LogP contribution in [0.1, 0.15) is 82.6 Å². The summed E-state index contributed by atoms with van der Waals surface area (Å²) in [6, 6.07) is 8.03. The third-order valence-electron chi connectivity index (χ3n) is 7.30. The Balaban J connectivity index is 1.16. The monoisotopic (exact) mass is 441 g/mol. The number of nitrogens with zero attached hydrogens (tertiary/aromatic N) is 1. The van der Waals surface area contributed by atoms with Crippen LogP contribution in [-0.2, 0) is 11.3 Å². The first-order valence-corrected chi connectivity index (χ1v) is 12.8. The molecule has 2 N–H and O–H groups in total. The molecule has 6 nitrogen and oxygen atoms in total. The number of carbonyl (C=O) groups excluding carboxylic acids is 2. The Kier molecular flexibility index (Phi) is 8.30. The molecule has 2 saturated carbocycles. The molecule has 3 aliphatic rings. The Morgan fingerprint density at radius 3 is 2.31 bits per heavy atom. The van der Waals surface area contributed by atoms with Gasteiger partial charge in [-0.1, -0.05) is 37.8 Å². The van der Waals surface area contributed by atoms with Crippen molar-refractivity contribution >= 4 is 11.9 Å². The fourth-order valence-corrected chi connectivity index (χ4v) is 5.37. The predicted octanol–water partition coefficient (Wildman–Crippen LogP) is 4.77. The Labute approximate surface area is 192 Å². The standard InChI is InChI=1S/C26H39N3O3/c30-25(21-9-3-1-4-10-21)29-16-14-22(15-17-29)28-26(31)27-19-20-8-7-13-24(18-20)32-23-11-5-2-6-12-23/h7-8,13,18,21-23H,1-6,9-12,14-17,19H2,(H2,27,28,31). The number of likely N-dealkylation sites (tertiary alicyclic amines) is 1. The molecule has 3 amide bonds. The lowest BCUT2D eigenvalue weighted by molar-refractivity contribution is -0.137. The van der Waals surface area contributed by atoms with Crippen molar-refractivity contribution in [3.05, 3.63) is 29.8 Å². The molecule has 0 bridgehead atoms. The highest BCUT2D eigenvalue weighted by Crippen LogP contribution is 2.27. The third kappa shape index (κ3) is 6.63. The normalized spacial score (nSPS) is 21.2. The van der Waals surface area contributed by atoms with Gasteiger partial charge in [0.25, 0.3) is 0 Å². The molecule has 0 radical (unpaired) electrons. The van der Waals surface area contributed by atoms with E-state index in [9.17, 15) is 9.59 Å². The number of nitrogens with one attached hydrogen (secondary N) is 2. The Bertz CT molecular complexity index is 748. The van der Waals surface area contributed by atoms with Crippen molar-refractivity contribution in [2.45, 2.75) is 95.7 Å². The summed E-state index contributed by atoms with van der Waals surface area (Å²) in [4.78, 5) is 27.1. The van der Waals surface area contributed by atoms with Gasteiger partial charge in [-0.3, -0.25) is 4.79 Å². The van der Waals surface area contributed by atoms with E-state index < -0.39 is 0 Å². The zero-order chi connectivity index (χ0) is 22.2. The fourth-order valence-electron chi connectivity index (χ4n) is 5.37. The molecule has 0 atom stereocenters. The first-order valence-electron chi connectivity index (χ1n) is 12.8. The summed E-state index contributed by atoms with van der Waals surface area (Å²) in [6.45, 7) is 1.98. The summed E-state index contributed by atoms with van der Waals surface area (Å²) in [5.41, 5.74) is 1.04. The number of benzene rings is 1. The summed E-state index contributed by atoms with van der Waals surface area (Å²) >= 11 is 0. The van der Waals surface area contributed by atoms with Gasteiger partial charge in [0.05, 0.1) is 6.10 Å². The summed E-state index contributed by atoms with van der Waals surface area (Å²) in [5.74, 6) is 1.46. The predicted molar refractivity (Wildman–Crippen MR) is 125 cm³/mol. The van der Waals surface area contributed by atoms with E-state index in [1.165, 1.54) is 38.5 Å². The van der Waals surface area contributed by atoms with Crippen molar-refractivity contribution in [2.24, 2.45) is 5.92 Å². The van der Waals surface area contributed by atoms with E-state index in [1.54, 1.807) is 0 Å². The highest BCUT2D eigenvalue weighted by molar-refractivity contribution is 5.79. The molecule has 2 aliphatic carbocycles. The van der Waals surface area contributed by atoms with Crippen LogP contribution in [-0.4, -0.2) is 42.1 Å². The second-order valence-corrected chi connectivity index (χ2v) is 9.79. The van der Waals surface area contributed by atoms with Crippen LogP contribution in [0.15, 0.2) is 24.3 Å². The minimum atomic E-state index is -0.138. The van der Waals surface area contributed by atoms with Crippen LogP contribution in [0.2, 0.25) is 0 Å². The number of piperidine rings is 1. The number of ether oxygens (including phenoxy) is 1. The lowest BCUT2D eigenvalue weighted by Crippen LogP contribution is -2.50. The molecule has 3 fully saturated rings. The summed E-state index contributed by atoms with van der Waals surface area (Å²) in [5, 5.41) is 6.07. The lowest BCUT2D eigenvalue weighted by atomic mass is 9.87. The summed E-state index contributed by atoms with van der Waals surface area (Å²) in [6.07, 6.45) is 13.8. The van der Waals surface area contributed by atoms with E-state index in [0.717, 1.165) is 62.9 Å². The molecular formula is C26H39N3O3. The zero-order valence-electron chi connectivity index (χ0n) is 19.3. The quantitative estimate of drug-likeness (QED) is 0.668. The average Bonchev–Trinajstić information content (AvgIpc) is 2.84. The van der Waals surface area contributed by atoms with Crippen molar-refractivity contribution in [3.63, 3.8) is 0 Å². The topological polar surface area (TPSA) is 70.7 Å². The van der Waals surface area contributed by atoms with Crippen LogP contribution in [0.25, 0.3) is 0 Å². The molecule has 0 spiro atoms. The van der Waals surface area contributed by atoms with Crippen LogP contribution in [0.5, 0.6) is 5.75 Å². The number of carbonyl (C=O) groups is 2. The van der Waals surface area contributed by atoms with E-state index >= 15 is 0 Å². The number of hydrogen-bond acceptors (Lipinski definition) is 3. The molecule has 4 rings (SSSR count). The second kappa shape index (κ2) is 11.6. The maximum absolute atomic E-state index is 12.7. The molecule has 1 aromatic carbocycles. The van der Waals surface area contributed by atoms with Gasteiger partial charge in [0.15, 0.2) is 0 Å².